The average molecular weight is 447 g/mol. The van der Waals surface area contributed by atoms with Gasteiger partial charge >= 0.3 is 0 Å². The van der Waals surface area contributed by atoms with Crippen LogP contribution in [0.1, 0.15) is 37.0 Å². The van der Waals surface area contributed by atoms with Gasteiger partial charge in [0.2, 0.25) is 0 Å². The average Bonchev–Trinajstić information content (AvgIpc) is 3.40. The summed E-state index contributed by atoms with van der Waals surface area (Å²) in [4.78, 5) is 30.7. The predicted octanol–water partition coefficient (Wildman–Crippen LogP) is 4.36. The van der Waals surface area contributed by atoms with Gasteiger partial charge in [0.05, 0.1) is 17.4 Å². The quantitative estimate of drug-likeness (QED) is 0.475. The summed E-state index contributed by atoms with van der Waals surface area (Å²) >= 11 is 2.28. The van der Waals surface area contributed by atoms with Crippen molar-refractivity contribution in [3.63, 3.8) is 0 Å². The minimum atomic E-state index is -2.79. The first-order valence-corrected chi connectivity index (χ1v) is 10.3. The van der Waals surface area contributed by atoms with E-state index in [1.54, 1.807) is 13.1 Å². The van der Waals surface area contributed by atoms with Crippen LogP contribution in [0, 0.1) is 6.92 Å². The lowest BCUT2D eigenvalue weighted by Crippen LogP contribution is -2.16. The number of aryl methyl sites for hydroxylation is 2. The van der Waals surface area contributed by atoms with Gasteiger partial charge in [0.25, 0.3) is 18.2 Å². The molecule has 0 saturated carbocycles. The van der Waals surface area contributed by atoms with Crippen molar-refractivity contribution in [1.82, 2.24) is 14.8 Å². The Hall–Kier alpha value is -3.18. The Bertz CT molecular complexity index is 1290. The number of rotatable bonds is 5. The highest BCUT2D eigenvalue weighted by Crippen LogP contribution is 2.44. The largest absolute Gasteiger partial charge is 0.365 e. The van der Waals surface area contributed by atoms with Gasteiger partial charge in [0, 0.05) is 33.9 Å². The van der Waals surface area contributed by atoms with E-state index in [0.717, 1.165) is 16.2 Å². The molecule has 0 atom stereocenters. The molecule has 4 aromatic rings. The molecular formula is C19H15F2N5O2S2. The molecule has 0 spiro atoms. The number of amides is 2. The van der Waals surface area contributed by atoms with Crippen LogP contribution in [0.2, 0.25) is 0 Å². The van der Waals surface area contributed by atoms with Crippen LogP contribution < -0.4 is 11.1 Å². The van der Waals surface area contributed by atoms with Gasteiger partial charge in [-0.1, -0.05) is 0 Å². The maximum absolute atomic E-state index is 13.5. The Labute approximate surface area is 177 Å². The van der Waals surface area contributed by atoms with Crippen LogP contribution in [0.4, 0.5) is 14.5 Å². The van der Waals surface area contributed by atoms with Gasteiger partial charge in [0.1, 0.15) is 15.4 Å². The van der Waals surface area contributed by atoms with Crippen LogP contribution in [0.5, 0.6) is 0 Å². The number of nitrogens with one attached hydrogen (secondary N) is 1. The second-order valence-corrected chi connectivity index (χ2v) is 8.80. The number of pyridine rings is 1. The predicted molar refractivity (Wildman–Crippen MR) is 112 cm³/mol. The van der Waals surface area contributed by atoms with E-state index in [9.17, 15) is 18.4 Å². The zero-order valence-electron chi connectivity index (χ0n) is 15.8. The highest BCUT2D eigenvalue weighted by molar-refractivity contribution is 7.21. The maximum atomic E-state index is 13.5. The van der Waals surface area contributed by atoms with E-state index in [1.807, 2.05) is 13.0 Å². The number of carbonyl (C=O) groups is 2. The van der Waals surface area contributed by atoms with E-state index in [1.165, 1.54) is 34.5 Å². The Morgan fingerprint density at radius 1 is 1.27 bits per heavy atom. The fraction of sp³-hybridized carbons (Fsp3) is 0.158. The highest BCUT2D eigenvalue weighted by Gasteiger charge is 2.25. The molecular weight excluding hydrogens is 432 g/mol. The summed E-state index contributed by atoms with van der Waals surface area (Å²) in [5.41, 5.74) is 6.00. The number of alkyl halides is 2. The Morgan fingerprint density at radius 2 is 2.03 bits per heavy atom. The topological polar surface area (TPSA) is 103 Å². The Morgan fingerprint density at radius 3 is 2.60 bits per heavy atom. The molecule has 3 N–H and O–H groups in total. The van der Waals surface area contributed by atoms with Crippen molar-refractivity contribution in [3.8, 4) is 10.4 Å². The zero-order chi connectivity index (χ0) is 21.6. The summed E-state index contributed by atoms with van der Waals surface area (Å²) in [6.07, 6.45) is 0.108. The van der Waals surface area contributed by atoms with Crippen LogP contribution in [0.15, 0.2) is 30.6 Å². The number of hydrogen-bond donors (Lipinski definition) is 2. The number of aromatic nitrogens is 3. The van der Waals surface area contributed by atoms with E-state index in [2.05, 4.69) is 15.4 Å². The van der Waals surface area contributed by atoms with Crippen LogP contribution in [0.3, 0.4) is 0 Å². The molecule has 0 radical (unpaired) electrons. The summed E-state index contributed by atoms with van der Waals surface area (Å²) < 4.78 is 28.4. The molecule has 0 saturated heterocycles. The number of nitrogens with zero attached hydrogens (tertiary/aromatic N) is 3. The van der Waals surface area contributed by atoms with Gasteiger partial charge in [0.15, 0.2) is 0 Å². The van der Waals surface area contributed by atoms with E-state index in [4.69, 9.17) is 5.73 Å². The van der Waals surface area contributed by atoms with Crippen LogP contribution >= 0.6 is 22.7 Å². The van der Waals surface area contributed by atoms with Crippen LogP contribution in [0.25, 0.3) is 20.7 Å². The van der Waals surface area contributed by atoms with Crippen LogP contribution in [-0.4, -0.2) is 26.6 Å². The smallest absolute Gasteiger partial charge is 0.280 e. The third-order valence-electron chi connectivity index (χ3n) is 4.34. The number of nitrogens with two attached hydrogens (primary N) is 1. The van der Waals surface area contributed by atoms with Gasteiger partial charge in [-0.3, -0.25) is 14.3 Å². The molecule has 7 nitrogen and oxygen atoms in total. The fourth-order valence-corrected chi connectivity index (χ4v) is 4.92. The second-order valence-electron chi connectivity index (χ2n) is 6.51. The summed E-state index contributed by atoms with van der Waals surface area (Å²) in [5, 5.41) is 7.06. The lowest BCUT2D eigenvalue weighted by molar-refractivity contribution is 0.100. The lowest BCUT2D eigenvalue weighted by Gasteiger charge is -2.09. The number of primary amides is 1. The normalized spacial score (nSPS) is 11.4. The molecule has 0 unspecified atom stereocenters. The molecule has 0 aliphatic heterocycles. The molecule has 0 aromatic carbocycles. The minimum absolute atomic E-state index is 0.0377. The maximum Gasteiger partial charge on any atom is 0.280 e. The standard InChI is InChI=1S/C19H15F2N5O2S2/c1-8-3-4-12(29-8)10-5-11(16(20)21)24-19-13(10)14(15(30-19)17(22)27)25-18(28)9-6-23-26(2)7-9/h3-7,16H,1-2H3,(H2,22,27)(H,25,28). The van der Waals surface area contributed by atoms with Crippen LogP contribution in [-0.2, 0) is 7.05 Å². The lowest BCUT2D eigenvalue weighted by atomic mass is 10.1. The molecule has 0 bridgehead atoms. The third-order valence-corrected chi connectivity index (χ3v) is 6.47. The molecule has 2 amide bonds. The van der Waals surface area contributed by atoms with Crippen molar-refractivity contribution >= 4 is 50.4 Å². The number of hydrogen-bond acceptors (Lipinski definition) is 6. The van der Waals surface area contributed by atoms with Crippen molar-refractivity contribution < 1.29 is 18.4 Å². The molecule has 0 fully saturated rings. The van der Waals surface area contributed by atoms with E-state index in [0.29, 0.717) is 15.8 Å². The summed E-state index contributed by atoms with van der Waals surface area (Å²) in [6, 6.07) is 4.96. The summed E-state index contributed by atoms with van der Waals surface area (Å²) in [7, 11) is 1.67. The molecule has 4 aromatic heterocycles. The zero-order valence-corrected chi connectivity index (χ0v) is 17.4. The van der Waals surface area contributed by atoms with Gasteiger partial charge in [-0.05, 0) is 25.1 Å². The molecule has 4 rings (SSSR count). The number of halogens is 2. The van der Waals surface area contributed by atoms with Crippen molar-refractivity contribution in [2.24, 2.45) is 12.8 Å². The van der Waals surface area contributed by atoms with Gasteiger partial charge in [-0.25, -0.2) is 13.8 Å². The van der Waals surface area contributed by atoms with Gasteiger partial charge in [-0.15, -0.1) is 22.7 Å². The van der Waals surface area contributed by atoms with E-state index in [-0.39, 0.29) is 21.0 Å². The third kappa shape index (κ3) is 3.57. The monoisotopic (exact) mass is 447 g/mol. The molecule has 11 heteroatoms. The van der Waals surface area contributed by atoms with E-state index < -0.39 is 23.9 Å². The second kappa shape index (κ2) is 7.58. The molecule has 4 heterocycles. The first kappa shape index (κ1) is 20.1. The number of thiophene rings is 2. The summed E-state index contributed by atoms with van der Waals surface area (Å²) in [5.74, 6) is -1.29. The van der Waals surface area contributed by atoms with Crippen molar-refractivity contribution in [3.05, 3.63) is 51.6 Å². The Balaban J connectivity index is 1.96. The fourth-order valence-electron chi connectivity index (χ4n) is 3.02. The molecule has 154 valence electrons. The number of anilines is 1. The molecule has 30 heavy (non-hydrogen) atoms. The number of carbonyl (C=O) groups excluding carboxylic acids is 2. The number of fused-ring (bicyclic) bond motifs is 1. The summed E-state index contributed by atoms with van der Waals surface area (Å²) in [6.45, 7) is 1.90. The van der Waals surface area contributed by atoms with Gasteiger partial charge in [-0.2, -0.15) is 5.10 Å². The highest BCUT2D eigenvalue weighted by atomic mass is 32.1. The first-order chi connectivity index (χ1) is 14.2. The SMILES string of the molecule is Cc1ccc(-c2cc(C(F)F)nc3sc(C(N)=O)c(NC(=O)c4cnn(C)c4)c23)s1. The Kier molecular flexibility index (Phi) is 5.08. The first-order valence-electron chi connectivity index (χ1n) is 8.66. The van der Waals surface area contributed by atoms with Crippen molar-refractivity contribution in [2.75, 3.05) is 5.32 Å². The molecule has 0 aliphatic rings. The van der Waals surface area contributed by atoms with Crippen molar-refractivity contribution in [2.45, 2.75) is 13.3 Å². The van der Waals surface area contributed by atoms with Gasteiger partial charge < -0.3 is 11.1 Å². The van der Waals surface area contributed by atoms with Crippen molar-refractivity contribution in [1.29, 1.82) is 0 Å². The molecule has 0 aliphatic carbocycles. The minimum Gasteiger partial charge on any atom is -0.365 e. The van der Waals surface area contributed by atoms with E-state index >= 15 is 0 Å².